The highest BCUT2D eigenvalue weighted by molar-refractivity contribution is 5.55. The van der Waals surface area contributed by atoms with E-state index in [4.69, 9.17) is 14.2 Å². The van der Waals surface area contributed by atoms with Gasteiger partial charge in [0.25, 0.3) is 0 Å². The highest BCUT2D eigenvalue weighted by atomic mass is 16.5. The van der Waals surface area contributed by atoms with Gasteiger partial charge in [-0.1, -0.05) is 24.4 Å². The molecule has 7 nitrogen and oxygen atoms in total. The Labute approximate surface area is 160 Å². The van der Waals surface area contributed by atoms with Crippen LogP contribution in [-0.4, -0.2) is 52.9 Å². The second-order valence-electron chi connectivity index (χ2n) is 7.50. The Balaban J connectivity index is 1.43. The van der Waals surface area contributed by atoms with Gasteiger partial charge in [0.2, 0.25) is 11.7 Å². The summed E-state index contributed by atoms with van der Waals surface area (Å²) in [4.78, 5) is 11.7. The number of anilines is 1. The lowest BCUT2D eigenvalue weighted by atomic mass is 9.94. The first-order chi connectivity index (χ1) is 13.3. The molecule has 7 heteroatoms. The molecular weight excluding hydrogens is 342 g/mol. The van der Waals surface area contributed by atoms with E-state index in [1.165, 1.54) is 38.5 Å². The van der Waals surface area contributed by atoms with Crippen molar-refractivity contribution in [2.75, 3.05) is 32.1 Å². The summed E-state index contributed by atoms with van der Waals surface area (Å²) in [6, 6.07) is 4.87. The van der Waals surface area contributed by atoms with Crippen molar-refractivity contribution in [3.05, 3.63) is 24.2 Å². The number of nitrogens with zero attached hydrogens (tertiary/aromatic N) is 4. The SMILES string of the molecule is COCCNc1ccc(-c2noc(C3CCCN3C3CCCCC3)n2)cn1. The summed E-state index contributed by atoms with van der Waals surface area (Å²) >= 11 is 0. The third-order valence-corrected chi connectivity index (χ3v) is 5.70. The molecule has 1 atom stereocenters. The van der Waals surface area contributed by atoms with Crippen LogP contribution in [0, 0.1) is 0 Å². The summed E-state index contributed by atoms with van der Waals surface area (Å²) in [6.07, 6.45) is 10.8. The van der Waals surface area contributed by atoms with Crippen LogP contribution in [0.4, 0.5) is 5.82 Å². The zero-order valence-corrected chi connectivity index (χ0v) is 16.1. The summed E-state index contributed by atoms with van der Waals surface area (Å²) in [5.41, 5.74) is 0.879. The summed E-state index contributed by atoms with van der Waals surface area (Å²) in [6.45, 7) is 2.53. The molecule has 2 fully saturated rings. The lowest BCUT2D eigenvalue weighted by Gasteiger charge is -2.34. The van der Waals surface area contributed by atoms with Gasteiger partial charge in [-0.2, -0.15) is 4.98 Å². The van der Waals surface area contributed by atoms with Gasteiger partial charge in [0, 0.05) is 31.5 Å². The Kier molecular flexibility index (Phi) is 5.99. The maximum atomic E-state index is 5.67. The van der Waals surface area contributed by atoms with Gasteiger partial charge in [0.05, 0.1) is 12.6 Å². The molecule has 1 aliphatic carbocycles. The zero-order chi connectivity index (χ0) is 18.5. The summed E-state index contributed by atoms with van der Waals surface area (Å²) in [5.74, 6) is 2.20. The number of nitrogens with one attached hydrogen (secondary N) is 1. The average Bonchev–Trinajstić information content (AvgIpc) is 3.39. The summed E-state index contributed by atoms with van der Waals surface area (Å²) in [7, 11) is 1.69. The molecule has 0 radical (unpaired) electrons. The van der Waals surface area contributed by atoms with Crippen molar-refractivity contribution >= 4 is 5.82 Å². The smallest absolute Gasteiger partial charge is 0.244 e. The number of methoxy groups -OCH3 is 1. The quantitative estimate of drug-likeness (QED) is 0.744. The molecule has 27 heavy (non-hydrogen) atoms. The number of rotatable bonds is 7. The number of likely N-dealkylation sites (tertiary alicyclic amines) is 1. The number of hydrogen-bond acceptors (Lipinski definition) is 7. The Morgan fingerprint density at radius 2 is 2.07 bits per heavy atom. The maximum Gasteiger partial charge on any atom is 0.244 e. The van der Waals surface area contributed by atoms with E-state index in [9.17, 15) is 0 Å². The summed E-state index contributed by atoms with van der Waals surface area (Å²) < 4.78 is 10.7. The first-order valence-corrected chi connectivity index (χ1v) is 10.1. The molecule has 3 heterocycles. The van der Waals surface area contributed by atoms with Crippen molar-refractivity contribution in [1.82, 2.24) is 20.0 Å². The van der Waals surface area contributed by atoms with Crippen LogP contribution in [-0.2, 0) is 4.74 Å². The minimum atomic E-state index is 0.275. The van der Waals surface area contributed by atoms with Crippen molar-refractivity contribution in [3.8, 4) is 11.4 Å². The van der Waals surface area contributed by atoms with Crippen molar-refractivity contribution in [3.63, 3.8) is 0 Å². The zero-order valence-electron chi connectivity index (χ0n) is 16.1. The fourth-order valence-electron chi connectivity index (χ4n) is 4.30. The van der Waals surface area contributed by atoms with E-state index in [1.807, 2.05) is 12.1 Å². The number of aromatic nitrogens is 3. The molecule has 0 amide bonds. The van der Waals surface area contributed by atoms with Crippen molar-refractivity contribution < 1.29 is 9.26 Å². The average molecular weight is 371 g/mol. The molecule has 146 valence electrons. The molecule has 2 aromatic rings. The van der Waals surface area contributed by atoms with Gasteiger partial charge in [0.1, 0.15) is 5.82 Å². The van der Waals surface area contributed by atoms with E-state index in [0.29, 0.717) is 18.5 Å². The van der Waals surface area contributed by atoms with E-state index in [1.54, 1.807) is 13.3 Å². The Bertz CT molecular complexity index is 711. The van der Waals surface area contributed by atoms with Crippen molar-refractivity contribution in [2.45, 2.75) is 57.0 Å². The van der Waals surface area contributed by atoms with Crippen LogP contribution in [0.25, 0.3) is 11.4 Å². The Hall–Kier alpha value is -1.99. The van der Waals surface area contributed by atoms with Gasteiger partial charge in [-0.15, -0.1) is 0 Å². The van der Waals surface area contributed by atoms with Gasteiger partial charge in [-0.3, -0.25) is 4.90 Å². The lowest BCUT2D eigenvalue weighted by molar-refractivity contribution is 0.121. The predicted octanol–water partition coefficient (Wildman–Crippen LogP) is 3.66. The molecule has 1 saturated heterocycles. The molecule has 1 N–H and O–H groups in total. The van der Waals surface area contributed by atoms with Gasteiger partial charge < -0.3 is 14.6 Å². The summed E-state index contributed by atoms with van der Waals surface area (Å²) in [5, 5.41) is 7.43. The molecular formula is C20H29N5O2. The Morgan fingerprint density at radius 1 is 1.19 bits per heavy atom. The van der Waals surface area contributed by atoms with E-state index in [2.05, 4.69) is 20.4 Å². The van der Waals surface area contributed by atoms with Crippen LogP contribution in [0.5, 0.6) is 0 Å². The van der Waals surface area contributed by atoms with E-state index in [0.717, 1.165) is 36.8 Å². The van der Waals surface area contributed by atoms with Crippen LogP contribution in [0.2, 0.25) is 0 Å². The van der Waals surface area contributed by atoms with E-state index >= 15 is 0 Å². The molecule has 1 saturated carbocycles. The van der Waals surface area contributed by atoms with Crippen LogP contribution in [0.3, 0.4) is 0 Å². The van der Waals surface area contributed by atoms with Crippen LogP contribution < -0.4 is 5.32 Å². The normalized spacial score (nSPS) is 21.6. The highest BCUT2D eigenvalue weighted by Crippen LogP contribution is 2.37. The first kappa shape index (κ1) is 18.4. The van der Waals surface area contributed by atoms with Gasteiger partial charge in [0.15, 0.2) is 0 Å². The van der Waals surface area contributed by atoms with Crippen LogP contribution >= 0.6 is 0 Å². The van der Waals surface area contributed by atoms with Crippen molar-refractivity contribution in [1.29, 1.82) is 0 Å². The van der Waals surface area contributed by atoms with Gasteiger partial charge in [-0.05, 0) is 44.4 Å². The lowest BCUT2D eigenvalue weighted by Crippen LogP contribution is -2.36. The van der Waals surface area contributed by atoms with Gasteiger partial charge >= 0.3 is 0 Å². The number of ether oxygens (including phenoxy) is 1. The fraction of sp³-hybridized carbons (Fsp3) is 0.650. The van der Waals surface area contributed by atoms with E-state index < -0.39 is 0 Å². The van der Waals surface area contributed by atoms with Crippen LogP contribution in [0.1, 0.15) is 56.9 Å². The third-order valence-electron chi connectivity index (χ3n) is 5.70. The molecule has 2 aliphatic rings. The van der Waals surface area contributed by atoms with Crippen LogP contribution in [0.15, 0.2) is 22.9 Å². The first-order valence-electron chi connectivity index (χ1n) is 10.1. The highest BCUT2D eigenvalue weighted by Gasteiger charge is 2.35. The maximum absolute atomic E-state index is 5.67. The van der Waals surface area contributed by atoms with E-state index in [-0.39, 0.29) is 6.04 Å². The number of hydrogen-bond donors (Lipinski definition) is 1. The molecule has 0 spiro atoms. The monoisotopic (exact) mass is 371 g/mol. The third kappa shape index (κ3) is 4.30. The molecule has 0 aromatic carbocycles. The molecule has 1 aliphatic heterocycles. The standard InChI is InChI=1S/C20H29N5O2/c1-26-13-11-21-18-10-9-15(14-22-18)19-23-20(27-24-19)17-8-5-12-25(17)16-6-3-2-4-7-16/h9-10,14,16-17H,2-8,11-13H2,1H3,(H,21,22). The molecule has 4 rings (SSSR count). The predicted molar refractivity (Wildman–Crippen MR) is 103 cm³/mol. The largest absolute Gasteiger partial charge is 0.383 e. The Morgan fingerprint density at radius 3 is 2.85 bits per heavy atom. The van der Waals surface area contributed by atoms with Gasteiger partial charge in [-0.25, -0.2) is 4.98 Å². The molecule has 2 aromatic heterocycles. The second kappa shape index (κ2) is 8.80. The fourth-order valence-corrected chi connectivity index (χ4v) is 4.30. The topological polar surface area (TPSA) is 76.3 Å². The minimum absolute atomic E-state index is 0.275. The van der Waals surface area contributed by atoms with Crippen molar-refractivity contribution in [2.24, 2.45) is 0 Å². The second-order valence-corrected chi connectivity index (χ2v) is 7.50. The molecule has 1 unspecified atom stereocenters. The number of pyridine rings is 1. The molecule has 0 bridgehead atoms. The minimum Gasteiger partial charge on any atom is -0.383 e.